The lowest BCUT2D eigenvalue weighted by atomic mass is 10.1. The fourth-order valence-corrected chi connectivity index (χ4v) is 4.38. The first-order chi connectivity index (χ1) is 15.2. The molecule has 0 spiro atoms. The van der Waals surface area contributed by atoms with Gasteiger partial charge < -0.3 is 4.74 Å². The number of hydrogen-bond acceptors (Lipinski definition) is 6. The summed E-state index contributed by atoms with van der Waals surface area (Å²) in [5.74, 6) is -0.562. The molecule has 8 nitrogen and oxygen atoms in total. The number of sulfonamides is 1. The Morgan fingerprint density at radius 2 is 1.72 bits per heavy atom. The molecule has 0 aliphatic heterocycles. The summed E-state index contributed by atoms with van der Waals surface area (Å²) in [4.78, 5) is 25.1. The number of carbonyl (C=O) groups is 2. The zero-order valence-electron chi connectivity index (χ0n) is 17.5. The summed E-state index contributed by atoms with van der Waals surface area (Å²) in [5, 5.41) is 1.87. The third-order valence-electron chi connectivity index (χ3n) is 4.61. The molecule has 3 aromatic rings. The third-order valence-corrected chi connectivity index (χ3v) is 6.90. The number of ether oxygens (including phenoxy) is 1. The summed E-state index contributed by atoms with van der Waals surface area (Å²) in [6.07, 6.45) is 0. The third kappa shape index (κ3) is 6.39. The second-order valence-electron chi connectivity index (χ2n) is 6.97. The molecule has 0 bridgehead atoms. The molecular weight excluding hydrogens is 450 g/mol. The lowest BCUT2D eigenvalue weighted by Gasteiger charge is -2.10. The van der Waals surface area contributed by atoms with Crippen molar-refractivity contribution in [1.82, 2.24) is 15.6 Å². The molecular formula is C22H23N3O5S2. The number of carbonyl (C=O) groups excluding carboxylic acids is 2. The first-order valence-corrected chi connectivity index (χ1v) is 12.0. The smallest absolute Gasteiger partial charge is 0.276 e. The van der Waals surface area contributed by atoms with Crippen LogP contribution in [0.25, 0.3) is 0 Å². The minimum atomic E-state index is -3.71. The zero-order valence-corrected chi connectivity index (χ0v) is 19.2. The van der Waals surface area contributed by atoms with E-state index in [1.54, 1.807) is 6.07 Å². The van der Waals surface area contributed by atoms with Gasteiger partial charge in [-0.1, -0.05) is 12.1 Å². The van der Waals surface area contributed by atoms with Crippen molar-refractivity contribution in [2.75, 3.05) is 6.61 Å². The number of thiophene rings is 1. The molecule has 10 heteroatoms. The molecule has 1 aromatic heterocycles. The number of rotatable bonds is 8. The van der Waals surface area contributed by atoms with Gasteiger partial charge in [-0.25, -0.2) is 13.1 Å². The van der Waals surface area contributed by atoms with Crippen LogP contribution in [-0.2, 0) is 21.4 Å². The van der Waals surface area contributed by atoms with Crippen molar-refractivity contribution < 1.29 is 22.7 Å². The van der Waals surface area contributed by atoms with Crippen LogP contribution >= 0.6 is 11.3 Å². The summed E-state index contributed by atoms with van der Waals surface area (Å²) in [7, 11) is -3.71. The van der Waals surface area contributed by atoms with Gasteiger partial charge in [0.2, 0.25) is 10.0 Å². The van der Waals surface area contributed by atoms with Crippen LogP contribution in [0.2, 0.25) is 0 Å². The van der Waals surface area contributed by atoms with E-state index in [0.717, 1.165) is 16.0 Å². The van der Waals surface area contributed by atoms with Crippen LogP contribution in [0.4, 0.5) is 0 Å². The maximum absolute atomic E-state index is 12.4. The van der Waals surface area contributed by atoms with E-state index in [4.69, 9.17) is 4.74 Å². The molecule has 0 fully saturated rings. The maximum Gasteiger partial charge on any atom is 0.276 e. The molecule has 0 atom stereocenters. The average molecular weight is 474 g/mol. The minimum absolute atomic E-state index is 0.0384. The van der Waals surface area contributed by atoms with Gasteiger partial charge in [-0.2, -0.15) is 0 Å². The number of benzene rings is 2. The molecule has 0 radical (unpaired) electrons. The lowest BCUT2D eigenvalue weighted by molar-refractivity contribution is -0.123. The van der Waals surface area contributed by atoms with E-state index >= 15 is 0 Å². The Kier molecular flexibility index (Phi) is 7.62. The van der Waals surface area contributed by atoms with Gasteiger partial charge in [0, 0.05) is 17.0 Å². The van der Waals surface area contributed by atoms with Crippen LogP contribution in [0.1, 0.15) is 26.4 Å². The molecule has 168 valence electrons. The molecule has 2 aromatic carbocycles. The van der Waals surface area contributed by atoms with E-state index in [2.05, 4.69) is 15.6 Å². The number of amides is 2. The minimum Gasteiger partial charge on any atom is -0.484 e. The summed E-state index contributed by atoms with van der Waals surface area (Å²) in [5.41, 5.74) is 6.89. The van der Waals surface area contributed by atoms with Crippen LogP contribution in [0.15, 0.2) is 64.9 Å². The highest BCUT2D eigenvalue weighted by molar-refractivity contribution is 7.89. The van der Waals surface area contributed by atoms with Gasteiger partial charge in [0.05, 0.1) is 4.90 Å². The average Bonchev–Trinajstić information content (AvgIpc) is 3.31. The summed E-state index contributed by atoms with van der Waals surface area (Å²) in [6.45, 7) is 3.85. The second kappa shape index (κ2) is 10.4. The molecule has 0 saturated heterocycles. The Morgan fingerprint density at radius 1 is 0.969 bits per heavy atom. The normalized spacial score (nSPS) is 11.1. The van der Waals surface area contributed by atoms with Gasteiger partial charge in [-0.05, 0) is 72.8 Å². The number of hydrogen-bond donors (Lipinski definition) is 3. The zero-order chi connectivity index (χ0) is 23.1. The van der Waals surface area contributed by atoms with E-state index in [-0.39, 0.29) is 23.6 Å². The van der Waals surface area contributed by atoms with Crippen molar-refractivity contribution >= 4 is 33.2 Å². The van der Waals surface area contributed by atoms with E-state index in [0.29, 0.717) is 5.75 Å². The summed E-state index contributed by atoms with van der Waals surface area (Å²) in [6, 6.07) is 14.6. The largest absolute Gasteiger partial charge is 0.484 e. The SMILES string of the molecule is Cc1ccc(OCC(=O)NNC(=O)c2ccc(S(=O)(=O)NCc3cccs3)cc2)cc1C. The molecule has 32 heavy (non-hydrogen) atoms. The van der Waals surface area contributed by atoms with Gasteiger partial charge in [0.25, 0.3) is 11.8 Å². The molecule has 1 heterocycles. The summed E-state index contributed by atoms with van der Waals surface area (Å²) < 4.78 is 32.7. The quantitative estimate of drug-likeness (QED) is 0.435. The molecule has 0 aliphatic carbocycles. The van der Waals surface area contributed by atoms with E-state index < -0.39 is 21.8 Å². The van der Waals surface area contributed by atoms with Crippen LogP contribution in [0.5, 0.6) is 5.75 Å². The van der Waals surface area contributed by atoms with Gasteiger partial charge in [0.1, 0.15) is 5.75 Å². The van der Waals surface area contributed by atoms with Crippen molar-refractivity contribution in [3.05, 3.63) is 81.5 Å². The lowest BCUT2D eigenvalue weighted by Crippen LogP contribution is -2.43. The Bertz CT molecular complexity index is 1190. The highest BCUT2D eigenvalue weighted by Gasteiger charge is 2.15. The molecule has 0 unspecified atom stereocenters. The van der Waals surface area contributed by atoms with E-state index in [1.807, 2.05) is 43.5 Å². The molecule has 3 rings (SSSR count). The standard InChI is InChI=1S/C22H23N3O5S2/c1-15-5-8-18(12-16(15)2)30-14-21(26)24-25-22(27)17-6-9-20(10-7-17)32(28,29)23-13-19-4-3-11-31-19/h3-12,23H,13-14H2,1-2H3,(H,24,26)(H,25,27). The molecule has 3 N–H and O–H groups in total. The Morgan fingerprint density at radius 3 is 2.38 bits per heavy atom. The van der Waals surface area contributed by atoms with Gasteiger partial charge in [0.15, 0.2) is 6.61 Å². The highest BCUT2D eigenvalue weighted by Crippen LogP contribution is 2.16. The monoisotopic (exact) mass is 473 g/mol. The number of aryl methyl sites for hydroxylation is 2. The molecule has 0 saturated carbocycles. The maximum atomic E-state index is 12.4. The molecule has 0 aliphatic rings. The van der Waals surface area contributed by atoms with Crippen molar-refractivity contribution in [3.8, 4) is 5.75 Å². The number of nitrogens with one attached hydrogen (secondary N) is 3. The summed E-state index contributed by atoms with van der Waals surface area (Å²) >= 11 is 1.45. The fourth-order valence-electron chi connectivity index (χ4n) is 2.64. The van der Waals surface area contributed by atoms with Crippen LogP contribution < -0.4 is 20.3 Å². The van der Waals surface area contributed by atoms with Gasteiger partial charge >= 0.3 is 0 Å². The second-order valence-corrected chi connectivity index (χ2v) is 9.76. The van der Waals surface area contributed by atoms with Crippen LogP contribution in [0, 0.1) is 13.8 Å². The Labute approximate surface area is 190 Å². The predicted molar refractivity (Wildman–Crippen MR) is 122 cm³/mol. The van der Waals surface area contributed by atoms with Gasteiger partial charge in [-0.15, -0.1) is 11.3 Å². The predicted octanol–water partition coefficient (Wildman–Crippen LogP) is 2.68. The Hall–Kier alpha value is -3.21. The van der Waals surface area contributed by atoms with Crippen molar-refractivity contribution in [2.45, 2.75) is 25.3 Å². The van der Waals surface area contributed by atoms with E-state index in [9.17, 15) is 18.0 Å². The first-order valence-electron chi connectivity index (χ1n) is 9.66. The van der Waals surface area contributed by atoms with Gasteiger partial charge in [-0.3, -0.25) is 20.4 Å². The fraction of sp³-hybridized carbons (Fsp3) is 0.182. The van der Waals surface area contributed by atoms with Crippen molar-refractivity contribution in [1.29, 1.82) is 0 Å². The van der Waals surface area contributed by atoms with Crippen LogP contribution in [0.3, 0.4) is 0 Å². The highest BCUT2D eigenvalue weighted by atomic mass is 32.2. The topological polar surface area (TPSA) is 114 Å². The Balaban J connectivity index is 1.48. The first kappa shape index (κ1) is 23.5. The molecule has 2 amide bonds. The number of hydrazine groups is 1. The van der Waals surface area contributed by atoms with Crippen molar-refractivity contribution in [2.24, 2.45) is 0 Å². The van der Waals surface area contributed by atoms with Crippen LogP contribution in [-0.4, -0.2) is 26.8 Å². The van der Waals surface area contributed by atoms with E-state index in [1.165, 1.54) is 35.6 Å². The van der Waals surface area contributed by atoms with Crippen molar-refractivity contribution in [3.63, 3.8) is 0 Å².